The predicted octanol–water partition coefficient (Wildman–Crippen LogP) is 3.01. The summed E-state index contributed by atoms with van der Waals surface area (Å²) < 4.78 is 5.07. The lowest BCUT2D eigenvalue weighted by Gasteiger charge is -2.32. The van der Waals surface area contributed by atoms with Crippen molar-refractivity contribution in [3.8, 4) is 0 Å². The molecule has 1 N–H and O–H groups in total. The largest absolute Gasteiger partial charge is 0.393 e. The van der Waals surface area contributed by atoms with Gasteiger partial charge in [0, 0.05) is 13.7 Å². The maximum atomic E-state index is 10.3. The maximum absolute atomic E-state index is 10.3. The first-order valence-corrected chi connectivity index (χ1v) is 6.39. The molecule has 0 saturated heterocycles. The van der Waals surface area contributed by atoms with E-state index in [0.29, 0.717) is 17.8 Å². The van der Waals surface area contributed by atoms with E-state index >= 15 is 0 Å². The zero-order valence-electron chi connectivity index (χ0n) is 11.1. The lowest BCUT2D eigenvalue weighted by atomic mass is 9.77. The highest BCUT2D eigenvalue weighted by Crippen LogP contribution is 2.33. The van der Waals surface area contributed by atoms with Gasteiger partial charge in [-0.05, 0) is 43.9 Å². The topological polar surface area (TPSA) is 29.5 Å². The number of methoxy groups -OCH3 is 1. The molecule has 0 aromatic rings. The van der Waals surface area contributed by atoms with E-state index < -0.39 is 0 Å². The van der Waals surface area contributed by atoms with Crippen molar-refractivity contribution in [2.45, 2.75) is 46.1 Å². The summed E-state index contributed by atoms with van der Waals surface area (Å²) in [6.07, 6.45) is 5.29. The molecule has 0 spiro atoms. The highest BCUT2D eigenvalue weighted by Gasteiger charge is 2.28. The Morgan fingerprint density at radius 3 is 2.81 bits per heavy atom. The summed E-state index contributed by atoms with van der Waals surface area (Å²) in [4.78, 5) is 0. The van der Waals surface area contributed by atoms with Crippen molar-refractivity contribution in [1.29, 1.82) is 0 Å². The van der Waals surface area contributed by atoms with Gasteiger partial charge in [-0.3, -0.25) is 0 Å². The Balaban J connectivity index is 2.47. The van der Waals surface area contributed by atoms with Crippen LogP contribution in [0.2, 0.25) is 0 Å². The SMILES string of the molecule is COCCC(C)C(O)C1CC(C)=CC(C)C1. The number of allylic oxidation sites excluding steroid dienone is 2. The molecule has 4 unspecified atom stereocenters. The van der Waals surface area contributed by atoms with Crippen LogP contribution in [0.15, 0.2) is 11.6 Å². The molecule has 1 rings (SSSR count). The zero-order valence-corrected chi connectivity index (χ0v) is 11.1. The number of hydrogen-bond donors (Lipinski definition) is 1. The smallest absolute Gasteiger partial charge is 0.0598 e. The van der Waals surface area contributed by atoms with Crippen LogP contribution in [0.4, 0.5) is 0 Å². The van der Waals surface area contributed by atoms with Gasteiger partial charge in [0.2, 0.25) is 0 Å². The van der Waals surface area contributed by atoms with Gasteiger partial charge in [-0.1, -0.05) is 25.5 Å². The number of rotatable bonds is 5. The van der Waals surface area contributed by atoms with Crippen LogP contribution in [-0.4, -0.2) is 24.9 Å². The highest BCUT2D eigenvalue weighted by molar-refractivity contribution is 5.07. The van der Waals surface area contributed by atoms with Crippen LogP contribution in [0, 0.1) is 17.8 Å². The third kappa shape index (κ3) is 3.91. The van der Waals surface area contributed by atoms with Crippen molar-refractivity contribution in [2.75, 3.05) is 13.7 Å². The first-order valence-electron chi connectivity index (χ1n) is 6.39. The van der Waals surface area contributed by atoms with Crippen molar-refractivity contribution < 1.29 is 9.84 Å². The molecule has 0 radical (unpaired) electrons. The minimum Gasteiger partial charge on any atom is -0.393 e. The number of aliphatic hydroxyl groups is 1. The van der Waals surface area contributed by atoms with Crippen molar-refractivity contribution >= 4 is 0 Å². The van der Waals surface area contributed by atoms with Crippen LogP contribution < -0.4 is 0 Å². The number of ether oxygens (including phenoxy) is 1. The molecule has 0 heterocycles. The highest BCUT2D eigenvalue weighted by atomic mass is 16.5. The van der Waals surface area contributed by atoms with Crippen LogP contribution in [0.1, 0.15) is 40.0 Å². The monoisotopic (exact) mass is 226 g/mol. The van der Waals surface area contributed by atoms with Crippen LogP contribution >= 0.6 is 0 Å². The van der Waals surface area contributed by atoms with Gasteiger partial charge >= 0.3 is 0 Å². The molecule has 0 bridgehead atoms. The van der Waals surface area contributed by atoms with Gasteiger partial charge in [-0.15, -0.1) is 0 Å². The molecule has 0 aromatic carbocycles. The average molecular weight is 226 g/mol. The Morgan fingerprint density at radius 2 is 2.25 bits per heavy atom. The first-order chi connectivity index (χ1) is 7.54. The summed E-state index contributed by atoms with van der Waals surface area (Å²) in [5, 5.41) is 10.3. The van der Waals surface area contributed by atoms with Gasteiger partial charge < -0.3 is 9.84 Å². The van der Waals surface area contributed by atoms with E-state index in [1.54, 1.807) is 7.11 Å². The second-order valence-electron chi connectivity index (χ2n) is 5.44. The summed E-state index contributed by atoms with van der Waals surface area (Å²) in [6.45, 7) is 7.29. The van der Waals surface area contributed by atoms with E-state index in [2.05, 4.69) is 26.8 Å². The Morgan fingerprint density at radius 1 is 1.56 bits per heavy atom. The van der Waals surface area contributed by atoms with E-state index in [4.69, 9.17) is 4.74 Å². The minimum atomic E-state index is -0.179. The van der Waals surface area contributed by atoms with E-state index in [1.165, 1.54) is 5.57 Å². The zero-order chi connectivity index (χ0) is 12.1. The Labute approximate surface area is 99.7 Å². The molecule has 1 aliphatic carbocycles. The van der Waals surface area contributed by atoms with Crippen molar-refractivity contribution in [3.05, 3.63) is 11.6 Å². The lowest BCUT2D eigenvalue weighted by Crippen LogP contribution is -2.31. The fraction of sp³-hybridized carbons (Fsp3) is 0.857. The Bertz CT molecular complexity index is 235. The number of hydrogen-bond acceptors (Lipinski definition) is 2. The second-order valence-corrected chi connectivity index (χ2v) is 5.44. The fourth-order valence-corrected chi connectivity index (χ4v) is 2.80. The van der Waals surface area contributed by atoms with Crippen molar-refractivity contribution in [2.24, 2.45) is 17.8 Å². The fourth-order valence-electron chi connectivity index (χ4n) is 2.80. The second kappa shape index (κ2) is 6.41. The van der Waals surface area contributed by atoms with Crippen molar-refractivity contribution in [3.63, 3.8) is 0 Å². The van der Waals surface area contributed by atoms with Gasteiger partial charge in [0.25, 0.3) is 0 Å². The normalized spacial score (nSPS) is 29.7. The van der Waals surface area contributed by atoms with E-state index in [1.807, 2.05) is 0 Å². The molecule has 2 heteroatoms. The van der Waals surface area contributed by atoms with Crippen LogP contribution in [0.25, 0.3) is 0 Å². The van der Waals surface area contributed by atoms with Gasteiger partial charge in [0.1, 0.15) is 0 Å². The quantitative estimate of drug-likeness (QED) is 0.730. The van der Waals surface area contributed by atoms with Gasteiger partial charge in [-0.2, -0.15) is 0 Å². The van der Waals surface area contributed by atoms with Gasteiger partial charge in [0.15, 0.2) is 0 Å². The molecule has 0 amide bonds. The third-order valence-corrected chi connectivity index (χ3v) is 3.67. The standard InChI is InChI=1S/C14H26O2/c1-10-7-11(2)9-13(8-10)14(15)12(3)5-6-16-4/h7,10,12-15H,5-6,8-9H2,1-4H3. The molecule has 0 saturated carbocycles. The average Bonchev–Trinajstić information content (AvgIpc) is 2.23. The summed E-state index contributed by atoms with van der Waals surface area (Å²) in [7, 11) is 1.72. The minimum absolute atomic E-state index is 0.179. The van der Waals surface area contributed by atoms with Gasteiger partial charge in [-0.25, -0.2) is 0 Å². The Hall–Kier alpha value is -0.340. The molecular formula is C14H26O2. The summed E-state index contributed by atoms with van der Waals surface area (Å²) >= 11 is 0. The molecule has 0 fully saturated rings. The van der Waals surface area contributed by atoms with E-state index in [9.17, 15) is 5.11 Å². The Kier molecular flexibility index (Phi) is 5.50. The third-order valence-electron chi connectivity index (χ3n) is 3.67. The first kappa shape index (κ1) is 13.7. The van der Waals surface area contributed by atoms with E-state index in [0.717, 1.165) is 25.9 Å². The molecule has 0 aliphatic heterocycles. The predicted molar refractivity (Wildman–Crippen MR) is 67.3 cm³/mol. The summed E-state index contributed by atoms with van der Waals surface area (Å²) in [6, 6.07) is 0. The maximum Gasteiger partial charge on any atom is 0.0598 e. The van der Waals surface area contributed by atoms with Crippen LogP contribution in [-0.2, 0) is 4.74 Å². The summed E-state index contributed by atoms with van der Waals surface area (Å²) in [5.74, 6) is 1.39. The van der Waals surface area contributed by atoms with Crippen molar-refractivity contribution in [1.82, 2.24) is 0 Å². The molecule has 16 heavy (non-hydrogen) atoms. The summed E-state index contributed by atoms with van der Waals surface area (Å²) in [5.41, 5.74) is 1.43. The molecule has 1 aliphatic rings. The molecular weight excluding hydrogens is 200 g/mol. The molecule has 4 atom stereocenters. The van der Waals surface area contributed by atoms with Crippen LogP contribution in [0.3, 0.4) is 0 Å². The molecule has 2 nitrogen and oxygen atoms in total. The lowest BCUT2D eigenvalue weighted by molar-refractivity contribution is 0.0322. The molecule has 94 valence electrons. The van der Waals surface area contributed by atoms with Crippen LogP contribution in [0.5, 0.6) is 0 Å². The van der Waals surface area contributed by atoms with Gasteiger partial charge in [0.05, 0.1) is 6.10 Å². The molecule has 0 aromatic heterocycles. The van der Waals surface area contributed by atoms with E-state index in [-0.39, 0.29) is 6.10 Å². The number of aliphatic hydroxyl groups excluding tert-OH is 1.